The van der Waals surface area contributed by atoms with Crippen LogP contribution in [0, 0.1) is 22.7 Å². The number of esters is 1. The predicted molar refractivity (Wildman–Crippen MR) is 168 cm³/mol. The third-order valence-electron chi connectivity index (χ3n) is 8.22. The molecular formula is C37H35NO5S. The predicted octanol–water partition coefficient (Wildman–Crippen LogP) is 6.63. The van der Waals surface area contributed by atoms with Crippen molar-refractivity contribution in [2.45, 2.75) is 55.8 Å². The van der Waals surface area contributed by atoms with Crippen molar-refractivity contribution in [1.29, 1.82) is 5.26 Å². The van der Waals surface area contributed by atoms with Crippen LogP contribution in [0.3, 0.4) is 0 Å². The third kappa shape index (κ3) is 6.51. The highest BCUT2D eigenvalue weighted by Crippen LogP contribution is 2.48. The molecule has 1 aliphatic heterocycles. The number of rotatable bonds is 9. The summed E-state index contributed by atoms with van der Waals surface area (Å²) >= 11 is 0. The highest BCUT2D eigenvalue weighted by molar-refractivity contribution is 7.90. The van der Waals surface area contributed by atoms with Crippen LogP contribution in [0.2, 0.25) is 0 Å². The highest BCUT2D eigenvalue weighted by Gasteiger charge is 2.59. The van der Waals surface area contributed by atoms with E-state index in [-0.39, 0.29) is 29.3 Å². The first-order valence-electron chi connectivity index (χ1n) is 14.6. The van der Waals surface area contributed by atoms with Gasteiger partial charge in [0.05, 0.1) is 22.3 Å². The summed E-state index contributed by atoms with van der Waals surface area (Å²) in [5.41, 5.74) is 1.50. The number of benzene rings is 4. The second kappa shape index (κ2) is 12.2. The number of hydrogen-bond acceptors (Lipinski definition) is 6. The van der Waals surface area contributed by atoms with Gasteiger partial charge in [0, 0.05) is 18.8 Å². The molecule has 2 unspecified atom stereocenters. The Hall–Kier alpha value is -4.54. The third-order valence-corrected chi connectivity index (χ3v) is 9.93. The van der Waals surface area contributed by atoms with Gasteiger partial charge in [0.15, 0.2) is 21.2 Å². The summed E-state index contributed by atoms with van der Waals surface area (Å²) in [6.07, 6.45) is 0.507. The van der Waals surface area contributed by atoms with Gasteiger partial charge in [-0.2, -0.15) is 5.26 Å². The topological polar surface area (TPSA) is 101 Å². The lowest BCUT2D eigenvalue weighted by Gasteiger charge is -2.34. The van der Waals surface area contributed by atoms with Gasteiger partial charge < -0.3 is 4.74 Å². The fourth-order valence-corrected chi connectivity index (χ4v) is 7.59. The molecule has 1 saturated heterocycles. The van der Waals surface area contributed by atoms with Crippen LogP contribution in [0.1, 0.15) is 54.5 Å². The molecule has 224 valence electrons. The SMILES string of the molecule is CC(C)(C)C(c1cccc(CS(=O)(=O)c2ccc(C#N)cc2)c1)C1C(=O)OC(Cc2ccccc2)(Cc2ccccc2)C1=O. The quantitative estimate of drug-likeness (QED) is 0.157. The number of ketones is 1. The fourth-order valence-electron chi connectivity index (χ4n) is 6.25. The van der Waals surface area contributed by atoms with Gasteiger partial charge in [0.2, 0.25) is 0 Å². The lowest BCUT2D eigenvalue weighted by Crippen LogP contribution is -2.44. The maximum absolute atomic E-state index is 14.6. The molecule has 0 spiro atoms. The second-order valence-electron chi connectivity index (χ2n) is 12.6. The molecule has 1 fully saturated rings. The fraction of sp³-hybridized carbons (Fsp3) is 0.270. The molecule has 0 amide bonds. The Morgan fingerprint density at radius 2 is 1.34 bits per heavy atom. The van der Waals surface area contributed by atoms with Crippen molar-refractivity contribution in [3.63, 3.8) is 0 Å². The number of sulfone groups is 1. The van der Waals surface area contributed by atoms with Crippen LogP contribution < -0.4 is 0 Å². The Bertz CT molecular complexity index is 1760. The average Bonchev–Trinajstić information content (AvgIpc) is 3.21. The summed E-state index contributed by atoms with van der Waals surface area (Å²) in [7, 11) is -3.71. The molecule has 0 radical (unpaired) electrons. The van der Waals surface area contributed by atoms with Crippen LogP contribution in [-0.4, -0.2) is 25.8 Å². The van der Waals surface area contributed by atoms with Crippen LogP contribution in [0.4, 0.5) is 0 Å². The number of nitriles is 1. The molecule has 1 aliphatic rings. The Balaban J connectivity index is 1.51. The second-order valence-corrected chi connectivity index (χ2v) is 14.6. The number of carbonyl (C=O) groups is 2. The zero-order chi connectivity index (χ0) is 31.5. The minimum absolute atomic E-state index is 0.121. The van der Waals surface area contributed by atoms with E-state index in [1.165, 1.54) is 24.3 Å². The van der Waals surface area contributed by atoms with Gasteiger partial charge in [-0.05, 0) is 51.9 Å². The number of nitrogens with zero attached hydrogens (tertiary/aromatic N) is 1. The summed E-state index contributed by atoms with van der Waals surface area (Å²) in [4.78, 5) is 28.5. The number of cyclic esters (lactones) is 1. The molecule has 4 aromatic rings. The zero-order valence-corrected chi connectivity index (χ0v) is 25.9. The van der Waals surface area contributed by atoms with Gasteiger partial charge in [0.1, 0.15) is 5.92 Å². The minimum Gasteiger partial charge on any atom is -0.450 e. The van der Waals surface area contributed by atoms with Crippen LogP contribution in [0.15, 0.2) is 114 Å². The Kier molecular flexibility index (Phi) is 8.58. The summed E-state index contributed by atoms with van der Waals surface area (Å²) < 4.78 is 32.7. The molecule has 5 rings (SSSR count). The zero-order valence-electron chi connectivity index (χ0n) is 25.1. The van der Waals surface area contributed by atoms with E-state index in [4.69, 9.17) is 10.00 Å². The van der Waals surface area contributed by atoms with Crippen molar-refractivity contribution >= 4 is 21.6 Å². The van der Waals surface area contributed by atoms with Crippen molar-refractivity contribution in [3.8, 4) is 6.07 Å². The molecule has 2 atom stereocenters. The van der Waals surface area contributed by atoms with Gasteiger partial charge in [-0.25, -0.2) is 8.42 Å². The van der Waals surface area contributed by atoms with Crippen LogP contribution in [0.5, 0.6) is 0 Å². The van der Waals surface area contributed by atoms with E-state index in [0.29, 0.717) is 16.7 Å². The van der Waals surface area contributed by atoms with Gasteiger partial charge in [-0.3, -0.25) is 9.59 Å². The smallest absolute Gasteiger partial charge is 0.318 e. The molecule has 44 heavy (non-hydrogen) atoms. The van der Waals surface area contributed by atoms with E-state index >= 15 is 0 Å². The summed E-state index contributed by atoms with van der Waals surface area (Å²) in [5, 5.41) is 9.07. The van der Waals surface area contributed by atoms with Crippen molar-refractivity contribution in [2.75, 3.05) is 0 Å². The lowest BCUT2D eigenvalue weighted by atomic mass is 9.66. The molecule has 1 heterocycles. The van der Waals surface area contributed by atoms with Crippen molar-refractivity contribution in [3.05, 3.63) is 137 Å². The van der Waals surface area contributed by atoms with E-state index in [9.17, 15) is 18.0 Å². The van der Waals surface area contributed by atoms with Gasteiger partial charge in [-0.1, -0.05) is 106 Å². The average molecular weight is 606 g/mol. The number of carbonyl (C=O) groups excluding carboxylic acids is 2. The van der Waals surface area contributed by atoms with Crippen LogP contribution in [0.25, 0.3) is 0 Å². The Morgan fingerprint density at radius 1 is 0.795 bits per heavy atom. The molecule has 0 saturated carbocycles. The number of Topliss-reactive ketones (excluding diaryl/α,β-unsaturated/α-hetero) is 1. The maximum atomic E-state index is 14.6. The van der Waals surface area contributed by atoms with Crippen LogP contribution in [-0.2, 0) is 42.8 Å². The first-order valence-corrected chi connectivity index (χ1v) is 16.2. The van der Waals surface area contributed by atoms with Crippen LogP contribution >= 0.6 is 0 Å². The first-order chi connectivity index (χ1) is 20.9. The van der Waals surface area contributed by atoms with E-state index in [2.05, 4.69) is 0 Å². The molecule has 7 heteroatoms. The Morgan fingerprint density at radius 3 is 1.86 bits per heavy atom. The molecule has 0 aliphatic carbocycles. The van der Waals surface area contributed by atoms with E-state index in [0.717, 1.165) is 11.1 Å². The molecular weight excluding hydrogens is 570 g/mol. The molecule has 6 nitrogen and oxygen atoms in total. The summed E-state index contributed by atoms with van der Waals surface area (Å²) in [5.74, 6) is -2.71. The van der Waals surface area contributed by atoms with Gasteiger partial charge in [-0.15, -0.1) is 0 Å². The standard InChI is InChI=1S/C37H35NO5S/c1-36(2,3)33(30-16-10-15-29(21-30)25-44(41,42)31-19-17-28(24-38)18-20-31)32-34(39)37(43-35(32)40,22-26-11-6-4-7-12-26)23-27-13-8-5-9-14-27/h4-21,32-33H,22-23,25H2,1-3H3. The lowest BCUT2D eigenvalue weighted by molar-refractivity contribution is -0.153. The van der Waals surface area contributed by atoms with Gasteiger partial charge in [0.25, 0.3) is 0 Å². The normalized spacial score (nSPS) is 17.1. The monoisotopic (exact) mass is 605 g/mol. The van der Waals surface area contributed by atoms with E-state index in [1.807, 2.05) is 93.6 Å². The maximum Gasteiger partial charge on any atom is 0.318 e. The summed E-state index contributed by atoms with van der Waals surface area (Å²) in [6, 6.07) is 34.1. The first kappa shape index (κ1) is 30.9. The molecule has 0 N–H and O–H groups in total. The number of hydrogen-bond donors (Lipinski definition) is 0. The highest BCUT2D eigenvalue weighted by atomic mass is 32.2. The largest absolute Gasteiger partial charge is 0.450 e. The molecule has 0 aromatic heterocycles. The molecule has 0 bridgehead atoms. The van der Waals surface area contributed by atoms with Crippen molar-refractivity contribution < 1.29 is 22.7 Å². The van der Waals surface area contributed by atoms with Crippen molar-refractivity contribution in [2.24, 2.45) is 11.3 Å². The summed E-state index contributed by atoms with van der Waals surface area (Å²) in [6.45, 7) is 5.94. The van der Waals surface area contributed by atoms with E-state index < -0.39 is 38.7 Å². The minimum atomic E-state index is -3.71. The van der Waals surface area contributed by atoms with Gasteiger partial charge >= 0.3 is 5.97 Å². The van der Waals surface area contributed by atoms with E-state index in [1.54, 1.807) is 18.2 Å². The Labute approximate surface area is 259 Å². The molecule has 4 aromatic carbocycles. The number of ether oxygens (including phenoxy) is 1. The van der Waals surface area contributed by atoms with Crippen molar-refractivity contribution in [1.82, 2.24) is 0 Å².